The van der Waals surface area contributed by atoms with Gasteiger partial charge in [-0.2, -0.15) is 20.1 Å². The second kappa shape index (κ2) is 8.05. The van der Waals surface area contributed by atoms with Crippen LogP contribution in [0.5, 0.6) is 0 Å². The van der Waals surface area contributed by atoms with Gasteiger partial charge in [-0.1, -0.05) is 17.7 Å². The molecule has 0 atom stereocenters. The average molecular weight is 387 g/mol. The van der Waals surface area contributed by atoms with Crippen molar-refractivity contribution in [2.45, 2.75) is 20.4 Å². The first-order valence-electron chi connectivity index (χ1n) is 9.33. The molecular weight excluding hydrogens is 366 g/mol. The molecule has 8 heteroatoms. The van der Waals surface area contributed by atoms with Gasteiger partial charge in [0.15, 0.2) is 0 Å². The number of nitrogens with zero attached hydrogens (tertiary/aromatic N) is 6. The molecular formula is C21H21N7O. The van der Waals surface area contributed by atoms with Crippen molar-refractivity contribution < 1.29 is 4.79 Å². The lowest BCUT2D eigenvalue weighted by Gasteiger charge is -2.10. The number of hydrogen-bond donors (Lipinski definition) is 1. The number of aryl methyl sites for hydroxylation is 2. The van der Waals surface area contributed by atoms with Crippen molar-refractivity contribution in [3.63, 3.8) is 0 Å². The molecule has 0 spiro atoms. The summed E-state index contributed by atoms with van der Waals surface area (Å²) in [4.78, 5) is 18.7. The summed E-state index contributed by atoms with van der Waals surface area (Å²) in [6, 6.07) is 13.4. The molecule has 3 heterocycles. The van der Waals surface area contributed by atoms with Gasteiger partial charge in [0.1, 0.15) is 5.69 Å². The van der Waals surface area contributed by atoms with Crippen LogP contribution in [0, 0.1) is 13.8 Å². The van der Waals surface area contributed by atoms with Crippen LogP contribution in [0.15, 0.2) is 61.1 Å². The van der Waals surface area contributed by atoms with E-state index in [9.17, 15) is 4.79 Å². The van der Waals surface area contributed by atoms with Crippen LogP contribution in [0.3, 0.4) is 0 Å². The Labute approximate surface area is 168 Å². The third-order valence-electron chi connectivity index (χ3n) is 4.45. The molecule has 1 N–H and O–H groups in total. The zero-order valence-corrected chi connectivity index (χ0v) is 16.3. The summed E-state index contributed by atoms with van der Waals surface area (Å²) in [6.45, 7) is 4.90. The molecule has 1 aromatic carbocycles. The molecule has 8 nitrogen and oxygen atoms in total. The van der Waals surface area contributed by atoms with Crippen molar-refractivity contribution in [3.05, 3.63) is 77.9 Å². The standard InChI is InChI=1S/C21H21N7O/c1-15-6-7-20(28-23-9-10-24-28)17(14-15)21(29)22-11-13-27-12-8-19(26-27)18-5-3-4-16(2)25-18/h3-10,12,14H,11,13H2,1-2H3,(H,22,29). The molecule has 1 amide bonds. The number of aromatic nitrogens is 6. The van der Waals surface area contributed by atoms with E-state index in [0.717, 1.165) is 22.6 Å². The zero-order valence-electron chi connectivity index (χ0n) is 16.3. The average Bonchev–Trinajstić information content (AvgIpc) is 3.40. The third kappa shape index (κ3) is 4.21. The Kier molecular flexibility index (Phi) is 5.15. The fraction of sp³-hybridized carbons (Fsp3) is 0.190. The first kappa shape index (κ1) is 18.5. The molecule has 0 aliphatic carbocycles. The summed E-state index contributed by atoms with van der Waals surface area (Å²) in [5.41, 5.74) is 4.77. The molecule has 0 aliphatic rings. The quantitative estimate of drug-likeness (QED) is 0.549. The predicted octanol–water partition coefficient (Wildman–Crippen LogP) is 2.57. The lowest BCUT2D eigenvalue weighted by Crippen LogP contribution is -2.28. The molecule has 0 unspecified atom stereocenters. The van der Waals surface area contributed by atoms with Crippen LogP contribution < -0.4 is 5.32 Å². The molecule has 0 aliphatic heterocycles. The number of carbonyl (C=O) groups is 1. The molecule has 0 saturated heterocycles. The van der Waals surface area contributed by atoms with E-state index >= 15 is 0 Å². The zero-order chi connectivity index (χ0) is 20.2. The first-order valence-corrected chi connectivity index (χ1v) is 9.33. The van der Waals surface area contributed by atoms with E-state index < -0.39 is 0 Å². The second-order valence-electron chi connectivity index (χ2n) is 6.72. The molecule has 3 aromatic heterocycles. The molecule has 4 rings (SSSR count). The Bertz CT molecular complexity index is 1130. The van der Waals surface area contributed by atoms with Gasteiger partial charge in [0, 0.05) is 18.4 Å². The smallest absolute Gasteiger partial charge is 0.253 e. The van der Waals surface area contributed by atoms with E-state index in [1.54, 1.807) is 17.1 Å². The molecule has 0 bridgehead atoms. The highest BCUT2D eigenvalue weighted by Gasteiger charge is 2.14. The van der Waals surface area contributed by atoms with E-state index in [1.807, 2.05) is 62.5 Å². The molecule has 0 fully saturated rings. The number of pyridine rings is 1. The van der Waals surface area contributed by atoms with E-state index in [1.165, 1.54) is 4.80 Å². The third-order valence-corrected chi connectivity index (χ3v) is 4.45. The highest BCUT2D eigenvalue weighted by molar-refractivity contribution is 5.97. The van der Waals surface area contributed by atoms with Crippen molar-refractivity contribution in [2.24, 2.45) is 0 Å². The Morgan fingerprint density at radius 3 is 2.66 bits per heavy atom. The van der Waals surface area contributed by atoms with Crippen LogP contribution in [0.1, 0.15) is 21.6 Å². The summed E-state index contributed by atoms with van der Waals surface area (Å²) in [5.74, 6) is -0.172. The SMILES string of the molecule is Cc1ccc(-n2nccn2)c(C(=O)NCCn2ccc(-c3cccc(C)n3)n2)c1. The Balaban J connectivity index is 1.42. The van der Waals surface area contributed by atoms with Crippen LogP contribution in [-0.4, -0.2) is 42.2 Å². The van der Waals surface area contributed by atoms with E-state index in [0.29, 0.717) is 24.3 Å². The highest BCUT2D eigenvalue weighted by Crippen LogP contribution is 2.16. The number of hydrogen-bond acceptors (Lipinski definition) is 5. The Morgan fingerprint density at radius 1 is 1.03 bits per heavy atom. The first-order chi connectivity index (χ1) is 14.1. The van der Waals surface area contributed by atoms with Gasteiger partial charge in [-0.3, -0.25) is 14.5 Å². The van der Waals surface area contributed by atoms with E-state index in [-0.39, 0.29) is 5.91 Å². The highest BCUT2D eigenvalue weighted by atomic mass is 16.1. The molecule has 0 radical (unpaired) electrons. The second-order valence-corrected chi connectivity index (χ2v) is 6.72. The Hall–Kier alpha value is -3.81. The number of amides is 1. The summed E-state index contributed by atoms with van der Waals surface area (Å²) >= 11 is 0. The monoisotopic (exact) mass is 387 g/mol. The lowest BCUT2D eigenvalue weighted by atomic mass is 10.1. The van der Waals surface area contributed by atoms with Gasteiger partial charge in [-0.05, 0) is 44.2 Å². The minimum absolute atomic E-state index is 0.172. The molecule has 146 valence electrons. The number of rotatable bonds is 6. The maximum absolute atomic E-state index is 12.7. The molecule has 29 heavy (non-hydrogen) atoms. The number of carbonyl (C=O) groups excluding carboxylic acids is 1. The minimum Gasteiger partial charge on any atom is -0.350 e. The maximum atomic E-state index is 12.7. The van der Waals surface area contributed by atoms with Crippen molar-refractivity contribution in [2.75, 3.05) is 6.54 Å². The number of benzene rings is 1. The van der Waals surface area contributed by atoms with Crippen LogP contribution >= 0.6 is 0 Å². The van der Waals surface area contributed by atoms with E-state index in [4.69, 9.17) is 0 Å². The largest absolute Gasteiger partial charge is 0.350 e. The summed E-state index contributed by atoms with van der Waals surface area (Å²) in [6.07, 6.45) is 5.05. The summed E-state index contributed by atoms with van der Waals surface area (Å²) in [5, 5.41) is 15.8. The molecule has 0 saturated carbocycles. The fourth-order valence-corrected chi connectivity index (χ4v) is 3.03. The predicted molar refractivity (Wildman–Crippen MR) is 109 cm³/mol. The molecule has 4 aromatic rings. The van der Waals surface area contributed by atoms with Gasteiger partial charge in [-0.15, -0.1) is 0 Å². The van der Waals surface area contributed by atoms with Gasteiger partial charge in [-0.25, -0.2) is 0 Å². The normalized spacial score (nSPS) is 10.8. The van der Waals surface area contributed by atoms with E-state index in [2.05, 4.69) is 25.6 Å². The topological polar surface area (TPSA) is 90.5 Å². The van der Waals surface area contributed by atoms with Crippen LogP contribution in [0.25, 0.3) is 17.1 Å². The number of nitrogens with one attached hydrogen (secondary N) is 1. The minimum atomic E-state index is -0.172. The van der Waals surface area contributed by atoms with Crippen molar-refractivity contribution in [3.8, 4) is 17.1 Å². The maximum Gasteiger partial charge on any atom is 0.253 e. The van der Waals surface area contributed by atoms with Crippen molar-refractivity contribution in [1.82, 2.24) is 35.1 Å². The van der Waals surface area contributed by atoms with Gasteiger partial charge < -0.3 is 5.32 Å². The van der Waals surface area contributed by atoms with Gasteiger partial charge >= 0.3 is 0 Å². The van der Waals surface area contributed by atoms with Crippen molar-refractivity contribution in [1.29, 1.82) is 0 Å². The lowest BCUT2D eigenvalue weighted by molar-refractivity contribution is 0.0951. The van der Waals surface area contributed by atoms with Crippen LogP contribution in [0.2, 0.25) is 0 Å². The van der Waals surface area contributed by atoms with Gasteiger partial charge in [0.25, 0.3) is 5.91 Å². The van der Waals surface area contributed by atoms with Crippen LogP contribution in [-0.2, 0) is 6.54 Å². The van der Waals surface area contributed by atoms with Crippen molar-refractivity contribution >= 4 is 5.91 Å². The van der Waals surface area contributed by atoms with Gasteiger partial charge in [0.05, 0.1) is 35.9 Å². The fourth-order valence-electron chi connectivity index (χ4n) is 3.03. The summed E-state index contributed by atoms with van der Waals surface area (Å²) < 4.78 is 1.80. The Morgan fingerprint density at radius 2 is 1.86 bits per heavy atom. The summed E-state index contributed by atoms with van der Waals surface area (Å²) in [7, 11) is 0. The van der Waals surface area contributed by atoms with Gasteiger partial charge in [0.2, 0.25) is 0 Å². The van der Waals surface area contributed by atoms with Crippen LogP contribution in [0.4, 0.5) is 0 Å².